The number of piperidine rings is 1. The van der Waals surface area contributed by atoms with Crippen molar-refractivity contribution in [3.05, 3.63) is 29.3 Å². The molecule has 1 aliphatic rings. The normalized spacial score (nSPS) is 16.8. The van der Waals surface area contributed by atoms with E-state index in [0.717, 1.165) is 16.9 Å². The van der Waals surface area contributed by atoms with E-state index in [1.807, 2.05) is 19.1 Å². The maximum atomic E-state index is 12.2. The molecule has 1 aromatic carbocycles. The molecular formula is C16H25N3O4S. The van der Waals surface area contributed by atoms with Crippen molar-refractivity contribution in [2.24, 2.45) is 11.1 Å². The number of nitrogens with two attached hydrogens (primary N) is 1. The highest BCUT2D eigenvalue weighted by Gasteiger charge is 2.29. The Balaban J connectivity index is 1.81. The van der Waals surface area contributed by atoms with Gasteiger partial charge < -0.3 is 10.1 Å². The highest BCUT2D eigenvalue weighted by atomic mass is 32.2. The first-order valence-electron chi connectivity index (χ1n) is 8.00. The molecule has 1 aromatic rings. The molecule has 0 saturated carbocycles. The molecule has 0 aliphatic carbocycles. The Kier molecular flexibility index (Phi) is 6.20. The van der Waals surface area contributed by atoms with Gasteiger partial charge in [-0.1, -0.05) is 17.7 Å². The van der Waals surface area contributed by atoms with Crippen LogP contribution in [0.3, 0.4) is 0 Å². The summed E-state index contributed by atoms with van der Waals surface area (Å²) in [6.45, 7) is 3.13. The number of nitrogens with zero attached hydrogens (tertiary/aromatic N) is 1. The summed E-state index contributed by atoms with van der Waals surface area (Å²) in [7, 11) is -2.02. The van der Waals surface area contributed by atoms with E-state index in [-0.39, 0.29) is 11.8 Å². The molecule has 1 heterocycles. The van der Waals surface area contributed by atoms with Crippen molar-refractivity contribution in [1.82, 2.24) is 9.62 Å². The van der Waals surface area contributed by atoms with E-state index in [9.17, 15) is 13.2 Å². The SMILES string of the molecule is COc1ccc(C)cc1CCNC(=O)C1CCN(S(N)(=O)=O)CC1. The van der Waals surface area contributed by atoms with Crippen LogP contribution in [0.15, 0.2) is 18.2 Å². The van der Waals surface area contributed by atoms with Crippen molar-refractivity contribution in [3.8, 4) is 5.75 Å². The lowest BCUT2D eigenvalue weighted by Crippen LogP contribution is -2.45. The lowest BCUT2D eigenvalue weighted by molar-refractivity contribution is -0.126. The number of ether oxygens (including phenoxy) is 1. The Morgan fingerprint density at radius 3 is 2.62 bits per heavy atom. The van der Waals surface area contributed by atoms with Gasteiger partial charge in [0.25, 0.3) is 10.2 Å². The molecule has 1 amide bonds. The second-order valence-electron chi connectivity index (χ2n) is 6.07. The van der Waals surface area contributed by atoms with Crippen molar-refractivity contribution < 1.29 is 17.9 Å². The maximum Gasteiger partial charge on any atom is 0.276 e. The van der Waals surface area contributed by atoms with Gasteiger partial charge in [-0.15, -0.1) is 0 Å². The highest BCUT2D eigenvalue weighted by molar-refractivity contribution is 7.86. The molecule has 8 heteroatoms. The topological polar surface area (TPSA) is 102 Å². The summed E-state index contributed by atoms with van der Waals surface area (Å²) in [5, 5.41) is 8.03. The van der Waals surface area contributed by atoms with Crippen LogP contribution in [0.2, 0.25) is 0 Å². The average molecular weight is 355 g/mol. The lowest BCUT2D eigenvalue weighted by atomic mass is 9.97. The Bertz CT molecular complexity index is 683. The van der Waals surface area contributed by atoms with E-state index < -0.39 is 10.2 Å². The van der Waals surface area contributed by atoms with Gasteiger partial charge in [0.05, 0.1) is 7.11 Å². The molecule has 3 N–H and O–H groups in total. The first kappa shape index (κ1) is 18.7. The fourth-order valence-corrected chi connectivity index (χ4v) is 3.66. The number of carbonyl (C=O) groups excluding carboxylic acids is 1. The van der Waals surface area contributed by atoms with E-state index in [0.29, 0.717) is 38.9 Å². The third kappa shape index (κ3) is 4.93. The van der Waals surface area contributed by atoms with Gasteiger partial charge in [0.15, 0.2) is 0 Å². The standard InChI is InChI=1S/C16H25N3O4S/c1-12-3-4-15(23-2)14(11-12)5-8-18-16(20)13-6-9-19(10-7-13)24(17,21)22/h3-4,11,13H,5-10H2,1-2H3,(H,18,20)(H2,17,21,22). The van der Waals surface area contributed by atoms with Gasteiger partial charge in [0.2, 0.25) is 5.91 Å². The van der Waals surface area contributed by atoms with Gasteiger partial charge in [0.1, 0.15) is 5.75 Å². The summed E-state index contributed by atoms with van der Waals surface area (Å²) in [6, 6.07) is 5.96. The molecule has 24 heavy (non-hydrogen) atoms. The van der Waals surface area contributed by atoms with Gasteiger partial charge in [-0.2, -0.15) is 12.7 Å². The molecule has 0 bridgehead atoms. The zero-order valence-electron chi connectivity index (χ0n) is 14.1. The highest BCUT2D eigenvalue weighted by Crippen LogP contribution is 2.21. The fourth-order valence-electron chi connectivity index (χ4n) is 2.94. The number of aryl methyl sites for hydroxylation is 1. The number of nitrogens with one attached hydrogen (secondary N) is 1. The minimum absolute atomic E-state index is 0.0318. The van der Waals surface area contributed by atoms with Crippen LogP contribution in [-0.2, 0) is 21.4 Å². The number of benzene rings is 1. The lowest BCUT2D eigenvalue weighted by Gasteiger charge is -2.29. The van der Waals surface area contributed by atoms with Crippen LogP contribution in [0.5, 0.6) is 5.75 Å². The number of hydrogen-bond donors (Lipinski definition) is 2. The molecule has 2 rings (SSSR count). The maximum absolute atomic E-state index is 12.2. The molecule has 1 fully saturated rings. The van der Waals surface area contributed by atoms with E-state index >= 15 is 0 Å². The molecule has 1 aliphatic heterocycles. The van der Waals surface area contributed by atoms with E-state index in [1.54, 1.807) is 7.11 Å². The van der Waals surface area contributed by atoms with Gasteiger partial charge in [0, 0.05) is 25.6 Å². The zero-order valence-corrected chi connectivity index (χ0v) is 14.9. The fraction of sp³-hybridized carbons (Fsp3) is 0.562. The van der Waals surface area contributed by atoms with Crippen molar-refractivity contribution >= 4 is 16.1 Å². The monoisotopic (exact) mass is 355 g/mol. The molecule has 0 radical (unpaired) electrons. The number of carbonyl (C=O) groups is 1. The zero-order chi connectivity index (χ0) is 17.7. The van der Waals surface area contributed by atoms with Crippen LogP contribution in [-0.4, -0.2) is 45.4 Å². The number of amides is 1. The smallest absolute Gasteiger partial charge is 0.276 e. The average Bonchev–Trinajstić information content (AvgIpc) is 2.54. The number of hydrogen-bond acceptors (Lipinski definition) is 4. The minimum Gasteiger partial charge on any atom is -0.496 e. The van der Waals surface area contributed by atoms with E-state index in [4.69, 9.17) is 9.88 Å². The molecule has 0 aromatic heterocycles. The van der Waals surface area contributed by atoms with Crippen LogP contribution in [0.1, 0.15) is 24.0 Å². The number of methoxy groups -OCH3 is 1. The summed E-state index contributed by atoms with van der Waals surface area (Å²) in [4.78, 5) is 12.2. The summed E-state index contributed by atoms with van der Waals surface area (Å²) in [6.07, 6.45) is 1.68. The number of rotatable bonds is 6. The van der Waals surface area contributed by atoms with Crippen molar-refractivity contribution in [2.45, 2.75) is 26.2 Å². The van der Waals surface area contributed by atoms with Crippen LogP contribution in [0, 0.1) is 12.8 Å². The second-order valence-corrected chi connectivity index (χ2v) is 7.62. The summed E-state index contributed by atoms with van der Waals surface area (Å²) in [5.74, 6) is 0.620. The molecule has 0 atom stereocenters. The molecule has 134 valence electrons. The van der Waals surface area contributed by atoms with Gasteiger partial charge in [-0.3, -0.25) is 4.79 Å². The first-order chi connectivity index (χ1) is 11.3. The van der Waals surface area contributed by atoms with Crippen LogP contribution in [0.4, 0.5) is 0 Å². The summed E-state index contributed by atoms with van der Waals surface area (Å²) in [5.41, 5.74) is 2.20. The Labute approximate surface area is 143 Å². The third-order valence-electron chi connectivity index (χ3n) is 4.31. The van der Waals surface area contributed by atoms with Crippen molar-refractivity contribution in [1.29, 1.82) is 0 Å². The molecular weight excluding hydrogens is 330 g/mol. The molecule has 7 nitrogen and oxygen atoms in total. The molecule has 1 saturated heterocycles. The predicted octanol–water partition coefficient (Wildman–Crippen LogP) is 0.578. The van der Waals surface area contributed by atoms with E-state index in [1.165, 1.54) is 4.31 Å². The first-order valence-corrected chi connectivity index (χ1v) is 9.50. The van der Waals surface area contributed by atoms with Gasteiger partial charge in [-0.05, 0) is 37.8 Å². The Morgan fingerprint density at radius 1 is 1.38 bits per heavy atom. The second kappa shape index (κ2) is 7.96. The quantitative estimate of drug-likeness (QED) is 0.779. The predicted molar refractivity (Wildman–Crippen MR) is 91.8 cm³/mol. The molecule has 0 unspecified atom stereocenters. The van der Waals surface area contributed by atoms with Gasteiger partial charge in [-0.25, -0.2) is 5.14 Å². The van der Waals surface area contributed by atoms with Crippen molar-refractivity contribution in [3.63, 3.8) is 0 Å². The van der Waals surface area contributed by atoms with Gasteiger partial charge >= 0.3 is 0 Å². The van der Waals surface area contributed by atoms with Crippen LogP contribution in [0.25, 0.3) is 0 Å². The largest absolute Gasteiger partial charge is 0.496 e. The van der Waals surface area contributed by atoms with Crippen molar-refractivity contribution in [2.75, 3.05) is 26.7 Å². The minimum atomic E-state index is -3.65. The Hall–Kier alpha value is -1.64. The van der Waals surface area contributed by atoms with Crippen LogP contribution >= 0.6 is 0 Å². The summed E-state index contributed by atoms with van der Waals surface area (Å²) >= 11 is 0. The van der Waals surface area contributed by atoms with E-state index in [2.05, 4.69) is 11.4 Å². The molecule has 0 spiro atoms. The third-order valence-corrected chi connectivity index (χ3v) is 5.40. The van der Waals surface area contributed by atoms with Crippen LogP contribution < -0.4 is 15.2 Å². The Morgan fingerprint density at radius 2 is 2.04 bits per heavy atom. The summed E-state index contributed by atoms with van der Waals surface area (Å²) < 4.78 is 29.1.